The third-order valence-corrected chi connectivity index (χ3v) is 6.22. The average Bonchev–Trinajstić information content (AvgIpc) is 2.67. The fourth-order valence-corrected chi connectivity index (χ4v) is 4.23. The predicted molar refractivity (Wildman–Crippen MR) is 115 cm³/mol. The first-order valence-electron chi connectivity index (χ1n) is 9.53. The summed E-state index contributed by atoms with van der Waals surface area (Å²) in [6.07, 6.45) is 1.23. The van der Waals surface area contributed by atoms with Gasteiger partial charge in [0.1, 0.15) is 5.75 Å². The number of piperazine rings is 1. The van der Waals surface area contributed by atoms with E-state index in [1.165, 1.54) is 10.6 Å². The van der Waals surface area contributed by atoms with Crippen molar-refractivity contribution in [1.82, 2.24) is 4.31 Å². The van der Waals surface area contributed by atoms with Crippen LogP contribution in [-0.4, -0.2) is 57.7 Å². The lowest BCUT2D eigenvalue weighted by Crippen LogP contribution is -2.48. The van der Waals surface area contributed by atoms with Gasteiger partial charge in [0.25, 0.3) is 5.91 Å². The molecule has 29 heavy (non-hydrogen) atoms. The van der Waals surface area contributed by atoms with Crippen LogP contribution in [0.25, 0.3) is 0 Å². The third kappa shape index (κ3) is 5.48. The Hall–Kier alpha value is -2.58. The molecule has 156 valence electrons. The van der Waals surface area contributed by atoms with E-state index in [2.05, 4.69) is 10.2 Å². The SMILES string of the molecule is Cc1ccc(OCC(=O)Nc2ccccc2N2CCN(S(C)(=O)=O)CC2)c(C)c1. The highest BCUT2D eigenvalue weighted by Gasteiger charge is 2.24. The molecule has 0 saturated carbocycles. The van der Waals surface area contributed by atoms with E-state index in [9.17, 15) is 13.2 Å². The van der Waals surface area contributed by atoms with E-state index < -0.39 is 10.0 Å². The lowest BCUT2D eigenvalue weighted by molar-refractivity contribution is -0.118. The number of nitrogens with zero attached hydrogens (tertiary/aromatic N) is 2. The Morgan fingerprint density at radius 1 is 1.07 bits per heavy atom. The van der Waals surface area contributed by atoms with Crippen molar-refractivity contribution in [3.63, 3.8) is 0 Å². The van der Waals surface area contributed by atoms with Crippen LogP contribution in [-0.2, 0) is 14.8 Å². The Kier molecular flexibility index (Phi) is 6.44. The van der Waals surface area contributed by atoms with E-state index in [1.54, 1.807) is 0 Å². The minimum absolute atomic E-state index is 0.0832. The molecule has 1 heterocycles. The summed E-state index contributed by atoms with van der Waals surface area (Å²) in [5, 5.41) is 2.91. The van der Waals surface area contributed by atoms with Gasteiger partial charge in [-0.05, 0) is 37.6 Å². The third-order valence-electron chi connectivity index (χ3n) is 4.92. The second-order valence-electron chi connectivity index (χ2n) is 7.27. The number of hydrogen-bond acceptors (Lipinski definition) is 5. The normalized spacial score (nSPS) is 15.2. The maximum atomic E-state index is 12.4. The first-order chi connectivity index (χ1) is 13.7. The Labute approximate surface area is 172 Å². The van der Waals surface area contributed by atoms with E-state index in [0.717, 1.165) is 16.8 Å². The number of anilines is 2. The quantitative estimate of drug-likeness (QED) is 0.781. The van der Waals surface area contributed by atoms with Crippen molar-refractivity contribution in [2.24, 2.45) is 0 Å². The van der Waals surface area contributed by atoms with Crippen LogP contribution < -0.4 is 15.0 Å². The number of amides is 1. The van der Waals surface area contributed by atoms with Crippen molar-refractivity contribution < 1.29 is 17.9 Å². The van der Waals surface area contributed by atoms with Gasteiger partial charge in [0, 0.05) is 26.2 Å². The molecule has 2 aromatic rings. The molecule has 0 atom stereocenters. The molecule has 1 N–H and O–H groups in total. The molecule has 1 aliphatic heterocycles. The molecule has 0 spiro atoms. The molecule has 1 aliphatic rings. The van der Waals surface area contributed by atoms with E-state index in [4.69, 9.17) is 4.74 Å². The lowest BCUT2D eigenvalue weighted by atomic mass is 10.1. The summed E-state index contributed by atoms with van der Waals surface area (Å²) in [5.74, 6) is 0.447. The van der Waals surface area contributed by atoms with Crippen molar-refractivity contribution in [2.45, 2.75) is 13.8 Å². The highest BCUT2D eigenvalue weighted by Crippen LogP contribution is 2.27. The number of hydrogen-bond donors (Lipinski definition) is 1. The first kappa shape index (κ1) is 21.1. The summed E-state index contributed by atoms with van der Waals surface area (Å²) < 4.78 is 30.6. The second-order valence-corrected chi connectivity index (χ2v) is 9.25. The van der Waals surface area contributed by atoms with Crippen LogP contribution in [0, 0.1) is 13.8 Å². The molecule has 7 nitrogen and oxygen atoms in total. The summed E-state index contributed by atoms with van der Waals surface area (Å²) in [6, 6.07) is 13.4. The fourth-order valence-electron chi connectivity index (χ4n) is 3.41. The van der Waals surface area contributed by atoms with Gasteiger partial charge in [0.15, 0.2) is 6.61 Å². The van der Waals surface area contributed by atoms with Gasteiger partial charge in [-0.15, -0.1) is 0 Å². The second kappa shape index (κ2) is 8.84. The fraction of sp³-hybridized carbons (Fsp3) is 0.381. The number of nitrogens with one attached hydrogen (secondary N) is 1. The number of rotatable bonds is 6. The van der Waals surface area contributed by atoms with Crippen LogP contribution in [0.4, 0.5) is 11.4 Å². The van der Waals surface area contributed by atoms with Gasteiger partial charge >= 0.3 is 0 Å². The van der Waals surface area contributed by atoms with E-state index >= 15 is 0 Å². The van der Waals surface area contributed by atoms with Gasteiger partial charge in [-0.3, -0.25) is 4.79 Å². The van der Waals surface area contributed by atoms with Gasteiger partial charge in [0.2, 0.25) is 10.0 Å². The molecule has 0 radical (unpaired) electrons. The highest BCUT2D eigenvalue weighted by atomic mass is 32.2. The number of aryl methyl sites for hydroxylation is 2. The number of benzene rings is 2. The zero-order valence-corrected chi connectivity index (χ0v) is 17.8. The van der Waals surface area contributed by atoms with Gasteiger partial charge in [-0.25, -0.2) is 8.42 Å². The van der Waals surface area contributed by atoms with Gasteiger partial charge in [-0.2, -0.15) is 4.31 Å². The number of carbonyl (C=O) groups is 1. The zero-order valence-electron chi connectivity index (χ0n) is 17.0. The van der Waals surface area contributed by atoms with Gasteiger partial charge < -0.3 is 15.0 Å². The number of para-hydroxylation sites is 2. The summed E-state index contributed by atoms with van der Waals surface area (Å²) in [4.78, 5) is 14.5. The zero-order chi connectivity index (χ0) is 21.0. The molecule has 8 heteroatoms. The molecule has 1 saturated heterocycles. The van der Waals surface area contributed by atoms with Crippen LogP contribution in [0.1, 0.15) is 11.1 Å². The predicted octanol–water partition coefficient (Wildman–Crippen LogP) is 2.40. The highest BCUT2D eigenvalue weighted by molar-refractivity contribution is 7.88. The molecule has 0 aromatic heterocycles. The van der Waals surface area contributed by atoms with Crippen LogP contribution >= 0.6 is 0 Å². The topological polar surface area (TPSA) is 79.0 Å². The number of sulfonamides is 1. The molecule has 0 bridgehead atoms. The Bertz CT molecular complexity index is 983. The summed E-state index contributed by atoms with van der Waals surface area (Å²) >= 11 is 0. The van der Waals surface area contributed by atoms with Crippen molar-refractivity contribution in [1.29, 1.82) is 0 Å². The van der Waals surface area contributed by atoms with Crippen molar-refractivity contribution in [3.05, 3.63) is 53.6 Å². The minimum atomic E-state index is -3.18. The Morgan fingerprint density at radius 2 is 1.76 bits per heavy atom. The van der Waals surface area contributed by atoms with Crippen LogP contribution in [0.2, 0.25) is 0 Å². The van der Waals surface area contributed by atoms with Crippen LogP contribution in [0.15, 0.2) is 42.5 Å². The van der Waals surface area contributed by atoms with Crippen molar-refractivity contribution in [2.75, 3.05) is 49.3 Å². The van der Waals surface area contributed by atoms with E-state index in [-0.39, 0.29) is 12.5 Å². The molecule has 3 rings (SSSR count). The minimum Gasteiger partial charge on any atom is -0.483 e. The van der Waals surface area contributed by atoms with Crippen molar-refractivity contribution in [3.8, 4) is 5.75 Å². The molecule has 0 aliphatic carbocycles. The monoisotopic (exact) mass is 417 g/mol. The number of carbonyl (C=O) groups excluding carboxylic acids is 1. The van der Waals surface area contributed by atoms with E-state index in [1.807, 2.05) is 56.3 Å². The molecule has 1 fully saturated rings. The summed E-state index contributed by atoms with van der Waals surface area (Å²) in [6.45, 7) is 5.87. The lowest BCUT2D eigenvalue weighted by Gasteiger charge is -2.35. The molecule has 1 amide bonds. The summed E-state index contributed by atoms with van der Waals surface area (Å²) in [5.41, 5.74) is 3.70. The van der Waals surface area contributed by atoms with Crippen LogP contribution in [0.5, 0.6) is 5.75 Å². The Morgan fingerprint density at radius 3 is 2.41 bits per heavy atom. The summed E-state index contributed by atoms with van der Waals surface area (Å²) in [7, 11) is -3.18. The standard InChI is InChI=1S/C21H27N3O4S/c1-16-8-9-20(17(2)14-16)28-15-21(25)22-18-6-4-5-7-19(18)23-10-12-24(13-11-23)29(3,26)27/h4-9,14H,10-13,15H2,1-3H3,(H,22,25). The first-order valence-corrected chi connectivity index (χ1v) is 11.4. The molecule has 0 unspecified atom stereocenters. The van der Waals surface area contributed by atoms with Crippen LogP contribution in [0.3, 0.4) is 0 Å². The molecular weight excluding hydrogens is 390 g/mol. The molecular formula is C21H27N3O4S. The smallest absolute Gasteiger partial charge is 0.262 e. The average molecular weight is 418 g/mol. The molecule has 2 aromatic carbocycles. The van der Waals surface area contributed by atoms with E-state index in [0.29, 0.717) is 37.6 Å². The van der Waals surface area contributed by atoms with Gasteiger partial charge in [0.05, 0.1) is 17.6 Å². The largest absolute Gasteiger partial charge is 0.483 e. The van der Waals surface area contributed by atoms with Gasteiger partial charge in [-0.1, -0.05) is 29.8 Å². The maximum Gasteiger partial charge on any atom is 0.262 e. The maximum absolute atomic E-state index is 12.4. The van der Waals surface area contributed by atoms with Crippen molar-refractivity contribution >= 4 is 27.3 Å². The Balaban J connectivity index is 1.62. The number of ether oxygens (including phenoxy) is 1.